The molecular formula is C15H20Cl2N2O. The summed E-state index contributed by atoms with van der Waals surface area (Å²) in [7, 11) is 0. The van der Waals surface area contributed by atoms with Crippen molar-refractivity contribution < 1.29 is 4.79 Å². The largest absolute Gasteiger partial charge is 0.322 e. The number of hydrogen-bond acceptors (Lipinski definition) is 2. The van der Waals surface area contributed by atoms with Gasteiger partial charge in [-0.2, -0.15) is 0 Å². The molecule has 1 aromatic rings. The van der Waals surface area contributed by atoms with Crippen LogP contribution in [0.1, 0.15) is 38.2 Å². The summed E-state index contributed by atoms with van der Waals surface area (Å²) in [5.74, 6) is 0.265. The van der Waals surface area contributed by atoms with E-state index in [2.05, 4.69) is 12.2 Å². The summed E-state index contributed by atoms with van der Waals surface area (Å²) in [5.41, 5.74) is 6.78. The van der Waals surface area contributed by atoms with E-state index in [9.17, 15) is 4.79 Å². The Kier molecular flexibility index (Phi) is 4.62. The molecule has 3 N–H and O–H groups in total. The van der Waals surface area contributed by atoms with Crippen LogP contribution in [0.25, 0.3) is 0 Å². The molecule has 2 unspecified atom stereocenters. The van der Waals surface area contributed by atoms with Crippen molar-refractivity contribution in [1.82, 2.24) is 0 Å². The van der Waals surface area contributed by atoms with E-state index in [-0.39, 0.29) is 5.91 Å². The second kappa shape index (κ2) is 5.92. The van der Waals surface area contributed by atoms with E-state index in [4.69, 9.17) is 28.9 Å². The van der Waals surface area contributed by atoms with Crippen LogP contribution in [0.4, 0.5) is 5.69 Å². The molecular weight excluding hydrogens is 295 g/mol. The molecule has 1 aliphatic rings. The first kappa shape index (κ1) is 15.6. The van der Waals surface area contributed by atoms with Crippen molar-refractivity contribution in [3.8, 4) is 0 Å². The average molecular weight is 315 g/mol. The van der Waals surface area contributed by atoms with Crippen molar-refractivity contribution in [2.75, 3.05) is 5.32 Å². The van der Waals surface area contributed by atoms with Crippen LogP contribution in [0.15, 0.2) is 12.1 Å². The van der Waals surface area contributed by atoms with Gasteiger partial charge in [0.05, 0.1) is 21.3 Å². The Morgan fingerprint density at radius 2 is 2.15 bits per heavy atom. The van der Waals surface area contributed by atoms with Crippen LogP contribution in [0.5, 0.6) is 0 Å². The number of rotatable bonds is 2. The Labute approximate surface area is 129 Å². The first-order valence-electron chi connectivity index (χ1n) is 6.88. The Morgan fingerprint density at radius 1 is 1.45 bits per heavy atom. The molecule has 5 heteroatoms. The second-order valence-corrected chi connectivity index (χ2v) is 6.65. The van der Waals surface area contributed by atoms with Crippen LogP contribution in [-0.4, -0.2) is 11.4 Å². The molecule has 1 aromatic carbocycles. The standard InChI is InChI=1S/C15H20Cl2N2O/c1-9-4-3-7-15(18,8-9)14(20)19-13-11(16)6-5-10(2)12(13)17/h5-6,9H,3-4,7-8,18H2,1-2H3,(H,19,20). The Bertz CT molecular complexity index is 533. The van der Waals surface area contributed by atoms with Crippen LogP contribution in [-0.2, 0) is 4.79 Å². The number of anilines is 1. The van der Waals surface area contributed by atoms with Crippen molar-refractivity contribution >= 4 is 34.8 Å². The van der Waals surface area contributed by atoms with E-state index in [0.29, 0.717) is 34.5 Å². The summed E-state index contributed by atoms with van der Waals surface area (Å²) in [5, 5.41) is 3.72. The summed E-state index contributed by atoms with van der Waals surface area (Å²) >= 11 is 12.3. The lowest BCUT2D eigenvalue weighted by molar-refractivity contribution is -0.122. The highest BCUT2D eigenvalue weighted by atomic mass is 35.5. The number of nitrogens with two attached hydrogens (primary N) is 1. The fraction of sp³-hybridized carbons (Fsp3) is 0.533. The van der Waals surface area contributed by atoms with Crippen molar-refractivity contribution in [2.24, 2.45) is 11.7 Å². The molecule has 0 bridgehead atoms. The number of hydrogen-bond donors (Lipinski definition) is 2. The van der Waals surface area contributed by atoms with Gasteiger partial charge >= 0.3 is 0 Å². The molecule has 1 aliphatic carbocycles. The molecule has 2 rings (SSSR count). The van der Waals surface area contributed by atoms with Crippen LogP contribution >= 0.6 is 23.2 Å². The number of carbonyl (C=O) groups excluding carboxylic acids is 1. The van der Waals surface area contributed by atoms with Gasteiger partial charge in [0.25, 0.3) is 0 Å². The molecule has 0 spiro atoms. The van der Waals surface area contributed by atoms with E-state index in [0.717, 1.165) is 18.4 Å². The zero-order valence-corrected chi connectivity index (χ0v) is 13.3. The smallest absolute Gasteiger partial charge is 0.244 e. The van der Waals surface area contributed by atoms with Gasteiger partial charge in [0.15, 0.2) is 0 Å². The normalized spacial score (nSPS) is 26.4. The molecule has 1 fully saturated rings. The van der Waals surface area contributed by atoms with Gasteiger partial charge in [-0.05, 0) is 37.3 Å². The van der Waals surface area contributed by atoms with Crippen molar-refractivity contribution in [3.63, 3.8) is 0 Å². The maximum Gasteiger partial charge on any atom is 0.244 e. The summed E-state index contributed by atoms with van der Waals surface area (Å²) in [6, 6.07) is 3.55. The third kappa shape index (κ3) is 3.11. The fourth-order valence-electron chi connectivity index (χ4n) is 2.81. The molecule has 110 valence electrons. The summed E-state index contributed by atoms with van der Waals surface area (Å²) in [4.78, 5) is 12.5. The van der Waals surface area contributed by atoms with Gasteiger partial charge in [0.2, 0.25) is 5.91 Å². The SMILES string of the molecule is Cc1ccc(Cl)c(NC(=O)C2(N)CCCC(C)C2)c1Cl. The van der Waals surface area contributed by atoms with E-state index >= 15 is 0 Å². The third-order valence-corrected chi connectivity index (χ3v) is 4.81. The zero-order valence-electron chi connectivity index (χ0n) is 11.8. The highest BCUT2D eigenvalue weighted by Crippen LogP contribution is 2.36. The lowest BCUT2D eigenvalue weighted by atomic mass is 9.76. The number of carbonyl (C=O) groups is 1. The number of amides is 1. The molecule has 0 radical (unpaired) electrons. The number of halogens is 2. The minimum atomic E-state index is -0.825. The summed E-state index contributed by atoms with van der Waals surface area (Å²) < 4.78 is 0. The van der Waals surface area contributed by atoms with Crippen molar-refractivity contribution in [2.45, 2.75) is 45.1 Å². The second-order valence-electron chi connectivity index (χ2n) is 5.87. The number of nitrogens with one attached hydrogen (secondary N) is 1. The summed E-state index contributed by atoms with van der Waals surface area (Å²) in [6.07, 6.45) is 3.49. The minimum Gasteiger partial charge on any atom is -0.322 e. The van der Waals surface area contributed by atoms with Gasteiger partial charge in [0.1, 0.15) is 0 Å². The van der Waals surface area contributed by atoms with Gasteiger partial charge in [-0.15, -0.1) is 0 Å². The highest BCUT2D eigenvalue weighted by molar-refractivity contribution is 6.40. The third-order valence-electron chi connectivity index (χ3n) is 4.01. The molecule has 3 nitrogen and oxygen atoms in total. The molecule has 2 atom stereocenters. The molecule has 1 amide bonds. The fourth-order valence-corrected chi connectivity index (χ4v) is 3.27. The lowest BCUT2D eigenvalue weighted by Gasteiger charge is -2.35. The monoisotopic (exact) mass is 314 g/mol. The highest BCUT2D eigenvalue weighted by Gasteiger charge is 2.38. The number of aryl methyl sites for hydroxylation is 1. The average Bonchev–Trinajstić information content (AvgIpc) is 2.38. The van der Waals surface area contributed by atoms with E-state index in [1.165, 1.54) is 0 Å². The number of benzene rings is 1. The van der Waals surface area contributed by atoms with Crippen LogP contribution in [0.3, 0.4) is 0 Å². The maximum absolute atomic E-state index is 12.5. The van der Waals surface area contributed by atoms with Crippen molar-refractivity contribution in [3.05, 3.63) is 27.7 Å². The molecule has 0 heterocycles. The first-order chi connectivity index (χ1) is 9.33. The molecule has 20 heavy (non-hydrogen) atoms. The lowest BCUT2D eigenvalue weighted by Crippen LogP contribution is -2.53. The maximum atomic E-state index is 12.5. The predicted molar refractivity (Wildman–Crippen MR) is 84.4 cm³/mol. The Balaban J connectivity index is 2.22. The van der Waals surface area contributed by atoms with E-state index in [1.807, 2.05) is 13.0 Å². The van der Waals surface area contributed by atoms with Gasteiger partial charge in [0, 0.05) is 0 Å². The molecule has 0 aromatic heterocycles. The van der Waals surface area contributed by atoms with Crippen LogP contribution in [0.2, 0.25) is 10.0 Å². The van der Waals surface area contributed by atoms with Gasteiger partial charge < -0.3 is 11.1 Å². The van der Waals surface area contributed by atoms with Crippen molar-refractivity contribution in [1.29, 1.82) is 0 Å². The van der Waals surface area contributed by atoms with Crippen LogP contribution in [0, 0.1) is 12.8 Å². The van der Waals surface area contributed by atoms with E-state index < -0.39 is 5.54 Å². The first-order valence-corrected chi connectivity index (χ1v) is 7.64. The topological polar surface area (TPSA) is 55.1 Å². The van der Waals surface area contributed by atoms with Gasteiger partial charge in [-0.25, -0.2) is 0 Å². The zero-order chi connectivity index (χ0) is 14.9. The van der Waals surface area contributed by atoms with E-state index in [1.54, 1.807) is 6.07 Å². The quantitative estimate of drug-likeness (QED) is 0.861. The van der Waals surface area contributed by atoms with Crippen LogP contribution < -0.4 is 11.1 Å². The summed E-state index contributed by atoms with van der Waals surface area (Å²) in [6.45, 7) is 4.00. The predicted octanol–water partition coefficient (Wildman–Crippen LogP) is 4.15. The van der Waals surface area contributed by atoms with Gasteiger partial charge in [-0.1, -0.05) is 49.0 Å². The molecule has 0 saturated heterocycles. The molecule has 1 saturated carbocycles. The Hall–Kier alpha value is -0.770. The van der Waals surface area contributed by atoms with Gasteiger partial charge in [-0.3, -0.25) is 4.79 Å². The Morgan fingerprint density at radius 3 is 2.80 bits per heavy atom. The molecule has 0 aliphatic heterocycles. The minimum absolute atomic E-state index is 0.196.